The fraction of sp³-hybridized carbons (Fsp3) is 0.200. The first kappa shape index (κ1) is 12.4. The summed E-state index contributed by atoms with van der Waals surface area (Å²) in [6, 6.07) is 11.0. The molecule has 2 N–H and O–H groups in total. The van der Waals surface area contributed by atoms with Gasteiger partial charge in [0.1, 0.15) is 5.82 Å². The van der Waals surface area contributed by atoms with E-state index in [1.54, 1.807) is 6.07 Å². The molecule has 96 valence electrons. The predicted molar refractivity (Wildman–Crippen MR) is 73.8 cm³/mol. The van der Waals surface area contributed by atoms with Crippen LogP contribution >= 0.6 is 0 Å². The van der Waals surface area contributed by atoms with Crippen molar-refractivity contribution in [1.82, 2.24) is 0 Å². The molecule has 0 saturated carbocycles. The maximum absolute atomic E-state index is 14.6. The standard InChI is InChI=1S/C15H14BFO2/c1-15(2)11-6-4-3-5-9(11)10-7-8-12(16(18)19)14(17)13(10)15/h3-8,18-19H,1-2H3. The molecule has 0 aliphatic heterocycles. The van der Waals surface area contributed by atoms with Gasteiger partial charge in [0.05, 0.1) is 0 Å². The van der Waals surface area contributed by atoms with E-state index < -0.39 is 18.4 Å². The van der Waals surface area contributed by atoms with Crippen LogP contribution in [0, 0.1) is 5.82 Å². The highest BCUT2D eigenvalue weighted by atomic mass is 19.1. The molecular weight excluding hydrogens is 242 g/mol. The Bertz CT molecular complexity index is 665. The number of fused-ring (bicyclic) bond motifs is 3. The van der Waals surface area contributed by atoms with Gasteiger partial charge in [-0.1, -0.05) is 50.2 Å². The molecule has 0 fully saturated rings. The zero-order valence-electron chi connectivity index (χ0n) is 10.8. The highest BCUT2D eigenvalue weighted by Gasteiger charge is 2.39. The molecule has 0 saturated heterocycles. The van der Waals surface area contributed by atoms with E-state index in [9.17, 15) is 14.4 Å². The SMILES string of the molecule is CC1(C)c2ccccc2-c2ccc(B(O)O)c(F)c21. The smallest absolute Gasteiger partial charge is 0.423 e. The van der Waals surface area contributed by atoms with Crippen LogP contribution in [0.15, 0.2) is 36.4 Å². The van der Waals surface area contributed by atoms with Gasteiger partial charge < -0.3 is 10.0 Å². The predicted octanol–water partition coefficient (Wildman–Crippen LogP) is 1.81. The molecule has 0 unspecified atom stereocenters. The Kier molecular flexibility index (Phi) is 2.56. The Balaban J connectivity index is 2.36. The Morgan fingerprint density at radius 1 is 1.00 bits per heavy atom. The van der Waals surface area contributed by atoms with Crippen molar-refractivity contribution in [3.8, 4) is 11.1 Å². The van der Waals surface area contributed by atoms with Crippen molar-refractivity contribution in [2.45, 2.75) is 19.3 Å². The summed E-state index contributed by atoms with van der Waals surface area (Å²) in [7, 11) is -1.79. The third-order valence-corrected chi connectivity index (χ3v) is 3.97. The first-order valence-electron chi connectivity index (χ1n) is 6.23. The number of rotatable bonds is 1. The van der Waals surface area contributed by atoms with Crippen molar-refractivity contribution in [1.29, 1.82) is 0 Å². The lowest BCUT2D eigenvalue weighted by Crippen LogP contribution is -2.35. The molecule has 0 heterocycles. The minimum atomic E-state index is -1.79. The fourth-order valence-corrected chi connectivity index (χ4v) is 3.02. The molecule has 0 bridgehead atoms. The first-order chi connectivity index (χ1) is 8.94. The van der Waals surface area contributed by atoms with Crippen molar-refractivity contribution in [3.05, 3.63) is 53.3 Å². The van der Waals surface area contributed by atoms with Gasteiger partial charge in [-0.15, -0.1) is 0 Å². The Morgan fingerprint density at radius 2 is 1.68 bits per heavy atom. The summed E-state index contributed by atoms with van der Waals surface area (Å²) < 4.78 is 14.6. The average molecular weight is 256 g/mol. The quantitative estimate of drug-likeness (QED) is 0.764. The average Bonchev–Trinajstić information content (AvgIpc) is 2.60. The fourth-order valence-electron chi connectivity index (χ4n) is 3.02. The normalized spacial score (nSPS) is 15.0. The third kappa shape index (κ3) is 1.57. The summed E-state index contributed by atoms with van der Waals surface area (Å²) in [5, 5.41) is 18.5. The number of benzene rings is 2. The molecule has 2 aromatic rings. The van der Waals surface area contributed by atoms with E-state index in [4.69, 9.17) is 0 Å². The summed E-state index contributed by atoms with van der Waals surface area (Å²) in [4.78, 5) is 0. The van der Waals surface area contributed by atoms with E-state index in [1.165, 1.54) is 6.07 Å². The van der Waals surface area contributed by atoms with Gasteiger partial charge in [-0.05, 0) is 16.7 Å². The van der Waals surface area contributed by atoms with Crippen LogP contribution in [-0.2, 0) is 5.41 Å². The maximum atomic E-state index is 14.6. The highest BCUT2D eigenvalue weighted by molar-refractivity contribution is 6.58. The van der Waals surface area contributed by atoms with Gasteiger partial charge >= 0.3 is 7.12 Å². The van der Waals surface area contributed by atoms with Gasteiger partial charge in [0.25, 0.3) is 0 Å². The molecule has 0 amide bonds. The molecule has 19 heavy (non-hydrogen) atoms. The molecule has 0 spiro atoms. The first-order valence-corrected chi connectivity index (χ1v) is 6.23. The zero-order chi connectivity index (χ0) is 13.8. The molecule has 0 aromatic heterocycles. The van der Waals surface area contributed by atoms with E-state index in [1.807, 2.05) is 38.1 Å². The summed E-state index contributed by atoms with van der Waals surface area (Å²) in [5.74, 6) is -0.520. The van der Waals surface area contributed by atoms with E-state index in [0.717, 1.165) is 16.7 Å². The molecule has 3 rings (SSSR count). The molecular formula is C15H14BFO2. The lowest BCUT2D eigenvalue weighted by Gasteiger charge is -2.22. The lowest BCUT2D eigenvalue weighted by molar-refractivity contribution is 0.422. The Morgan fingerprint density at radius 3 is 2.37 bits per heavy atom. The molecule has 2 nitrogen and oxygen atoms in total. The van der Waals surface area contributed by atoms with Gasteiger partial charge in [-0.3, -0.25) is 0 Å². The maximum Gasteiger partial charge on any atom is 0.491 e. The molecule has 1 aliphatic rings. The topological polar surface area (TPSA) is 40.5 Å². The van der Waals surface area contributed by atoms with Crippen molar-refractivity contribution >= 4 is 12.6 Å². The minimum Gasteiger partial charge on any atom is -0.423 e. The monoisotopic (exact) mass is 256 g/mol. The van der Waals surface area contributed by atoms with Gasteiger partial charge in [-0.2, -0.15) is 0 Å². The van der Waals surface area contributed by atoms with Gasteiger partial charge in [0, 0.05) is 16.4 Å². The van der Waals surface area contributed by atoms with Crippen molar-refractivity contribution < 1.29 is 14.4 Å². The summed E-state index contributed by atoms with van der Waals surface area (Å²) in [5.41, 5.74) is 2.91. The van der Waals surface area contributed by atoms with E-state index >= 15 is 0 Å². The van der Waals surface area contributed by atoms with E-state index in [2.05, 4.69) is 0 Å². The summed E-state index contributed by atoms with van der Waals surface area (Å²) >= 11 is 0. The van der Waals surface area contributed by atoms with Crippen LogP contribution in [0.3, 0.4) is 0 Å². The summed E-state index contributed by atoms with van der Waals surface area (Å²) in [6.07, 6.45) is 0. The Hall–Kier alpha value is -1.65. The second kappa shape index (κ2) is 3.92. The number of halogens is 1. The van der Waals surface area contributed by atoms with Crippen LogP contribution in [0.4, 0.5) is 4.39 Å². The van der Waals surface area contributed by atoms with Crippen LogP contribution in [0.2, 0.25) is 0 Å². The molecule has 2 aromatic carbocycles. The van der Waals surface area contributed by atoms with E-state index in [-0.39, 0.29) is 5.46 Å². The lowest BCUT2D eigenvalue weighted by atomic mass is 9.74. The molecule has 4 heteroatoms. The van der Waals surface area contributed by atoms with Crippen LogP contribution in [-0.4, -0.2) is 17.2 Å². The van der Waals surface area contributed by atoms with Crippen LogP contribution in [0.1, 0.15) is 25.0 Å². The molecule has 0 atom stereocenters. The largest absolute Gasteiger partial charge is 0.491 e. The third-order valence-electron chi connectivity index (χ3n) is 3.97. The van der Waals surface area contributed by atoms with Crippen molar-refractivity contribution in [2.75, 3.05) is 0 Å². The Labute approximate surface area is 111 Å². The van der Waals surface area contributed by atoms with Crippen LogP contribution < -0.4 is 5.46 Å². The number of hydrogen-bond donors (Lipinski definition) is 2. The van der Waals surface area contributed by atoms with Crippen LogP contribution in [0.5, 0.6) is 0 Å². The van der Waals surface area contributed by atoms with Gasteiger partial charge in [-0.25, -0.2) is 4.39 Å². The highest BCUT2D eigenvalue weighted by Crippen LogP contribution is 2.48. The molecule has 0 radical (unpaired) electrons. The second-order valence-electron chi connectivity index (χ2n) is 5.44. The summed E-state index contributed by atoms with van der Waals surface area (Å²) in [6.45, 7) is 3.91. The van der Waals surface area contributed by atoms with Crippen LogP contribution in [0.25, 0.3) is 11.1 Å². The van der Waals surface area contributed by atoms with Gasteiger partial charge in [0.15, 0.2) is 0 Å². The minimum absolute atomic E-state index is 0.0698. The zero-order valence-corrected chi connectivity index (χ0v) is 10.8. The number of hydrogen-bond acceptors (Lipinski definition) is 2. The van der Waals surface area contributed by atoms with Crippen molar-refractivity contribution in [2.24, 2.45) is 0 Å². The molecule has 1 aliphatic carbocycles. The second-order valence-corrected chi connectivity index (χ2v) is 5.44. The van der Waals surface area contributed by atoms with Gasteiger partial charge in [0.2, 0.25) is 0 Å². The van der Waals surface area contributed by atoms with E-state index in [0.29, 0.717) is 5.56 Å². The van der Waals surface area contributed by atoms with Crippen molar-refractivity contribution in [3.63, 3.8) is 0 Å².